The van der Waals surface area contributed by atoms with Crippen LogP contribution >= 0.6 is 0 Å². The summed E-state index contributed by atoms with van der Waals surface area (Å²) in [4.78, 5) is 52.1. The van der Waals surface area contributed by atoms with Gasteiger partial charge in [0.2, 0.25) is 5.78 Å². The first-order valence-electron chi connectivity index (χ1n) is 16.9. The van der Waals surface area contributed by atoms with E-state index in [1.807, 2.05) is 0 Å². The van der Waals surface area contributed by atoms with Crippen molar-refractivity contribution in [3.05, 3.63) is 23.8 Å². The van der Waals surface area contributed by atoms with E-state index in [9.17, 15) is 24.3 Å². The molecular weight excluding hydrogens is 467 g/mol. The summed E-state index contributed by atoms with van der Waals surface area (Å²) < 4.78 is 104. The van der Waals surface area contributed by atoms with Gasteiger partial charge in [-0.1, -0.05) is 39.2 Å². The summed E-state index contributed by atoms with van der Waals surface area (Å²) in [7, 11) is 0. The first-order valence-corrected chi connectivity index (χ1v) is 11.9. The van der Waals surface area contributed by atoms with Crippen molar-refractivity contribution < 1.29 is 51.9 Å². The number of Topliss-reactive ketones (excluding diaryl/α,β-unsaturated/α-hetero) is 1. The summed E-state index contributed by atoms with van der Waals surface area (Å²) in [6, 6.07) is 0. The molecule has 0 aliphatic heterocycles. The van der Waals surface area contributed by atoms with Crippen LogP contribution in [-0.2, 0) is 28.7 Å². The molecule has 198 valence electrons. The molecule has 1 N–H and O–H groups in total. The summed E-state index contributed by atoms with van der Waals surface area (Å²) in [5.74, 6) is -8.46. The maximum atomic E-state index is 17.6. The van der Waals surface area contributed by atoms with E-state index < -0.39 is 103 Å². The zero-order valence-electron chi connectivity index (χ0n) is 30.4. The van der Waals surface area contributed by atoms with Crippen molar-refractivity contribution in [3.63, 3.8) is 0 Å². The van der Waals surface area contributed by atoms with E-state index in [-0.39, 0.29) is 25.0 Å². The number of aliphatic hydroxyl groups excluding tert-OH is 1. The summed E-state index contributed by atoms with van der Waals surface area (Å²) in [6.07, 6.45) is -5.36. The molecule has 3 saturated carbocycles. The van der Waals surface area contributed by atoms with Gasteiger partial charge in [0, 0.05) is 49.1 Å². The number of carbonyl (C=O) groups is 4. The Balaban J connectivity index is 1.82. The Hall–Kier alpha value is -2.35. The largest absolute Gasteiger partial charge is 0.457 e. The molecule has 7 nitrogen and oxygen atoms in total. The lowest BCUT2D eigenvalue weighted by atomic mass is 9.44. The van der Waals surface area contributed by atoms with Gasteiger partial charge >= 0.3 is 11.9 Å². The maximum absolute atomic E-state index is 17.6. The highest BCUT2D eigenvalue weighted by Gasteiger charge is 2.77. The number of ether oxygens (including phenoxy) is 2. The third kappa shape index (κ3) is 3.39. The summed E-state index contributed by atoms with van der Waals surface area (Å²) in [5.41, 5.74) is -7.57. The van der Waals surface area contributed by atoms with Crippen molar-refractivity contribution in [3.8, 4) is 0 Å². The van der Waals surface area contributed by atoms with Gasteiger partial charge in [0.1, 0.15) is 0 Å². The molecule has 4 rings (SSSR count). The smallest absolute Gasteiger partial charge is 0.306 e. The Morgan fingerprint density at radius 2 is 1.92 bits per heavy atom. The number of ketones is 2. The normalized spacial score (nSPS) is 48.7. The van der Waals surface area contributed by atoms with Crippen LogP contribution in [0.4, 0.5) is 4.39 Å². The molecule has 0 heterocycles. The average Bonchev–Trinajstić information content (AvgIpc) is 3.13. The molecule has 36 heavy (non-hydrogen) atoms. The third-order valence-electron chi connectivity index (χ3n) is 9.39. The highest BCUT2D eigenvalue weighted by molar-refractivity contribution is 6.01. The lowest BCUT2D eigenvalue weighted by molar-refractivity contribution is -0.228. The first kappa shape index (κ1) is 16.5. The molecule has 0 amide bonds. The predicted octanol–water partition coefficient (Wildman–Crippen LogP) is 3.82. The van der Waals surface area contributed by atoms with Crippen molar-refractivity contribution in [2.45, 2.75) is 90.3 Å². The number of allylic oxidation sites excluding steroid dienone is 4. The molecule has 0 radical (unpaired) electrons. The van der Waals surface area contributed by atoms with Crippen molar-refractivity contribution >= 4 is 23.5 Å². The van der Waals surface area contributed by atoms with Gasteiger partial charge in [-0.3, -0.25) is 19.2 Å². The van der Waals surface area contributed by atoms with Gasteiger partial charge in [0.15, 0.2) is 23.7 Å². The van der Waals surface area contributed by atoms with Crippen LogP contribution < -0.4 is 0 Å². The Kier molecular flexibility index (Phi) is 4.07. The molecular formula is C28H37FO7. The fourth-order valence-corrected chi connectivity index (χ4v) is 7.84. The standard InChI is InChI=1S/C28H37FO7/c1-6-23(33)35-15-22(32)28(36-24(34)7-2)16(3)12-20-19-9-8-17-13-18(30)10-11-25(17,4)27(19,29)21(31)14-26(20,28)5/h10-11,13,16,19-21,31H,6-9,12,14-15H2,1-5H3/t16-,19+,20+,21+,25+,26+,27+,28?/m1/s1/i1D3,2D3,6D2,7D2. The molecule has 3 fully saturated rings. The van der Waals surface area contributed by atoms with Crippen molar-refractivity contribution in [1.29, 1.82) is 0 Å². The highest BCUT2D eigenvalue weighted by Crippen LogP contribution is 2.71. The molecule has 0 aromatic heterocycles. The van der Waals surface area contributed by atoms with Gasteiger partial charge in [-0.15, -0.1) is 0 Å². The Labute approximate surface area is 225 Å². The van der Waals surface area contributed by atoms with Gasteiger partial charge in [0.25, 0.3) is 0 Å². The molecule has 0 aromatic carbocycles. The van der Waals surface area contributed by atoms with Gasteiger partial charge < -0.3 is 14.6 Å². The van der Waals surface area contributed by atoms with Crippen molar-refractivity contribution in [2.75, 3.05) is 6.61 Å². The number of fused-ring (bicyclic) bond motifs is 5. The molecule has 4 aliphatic carbocycles. The average molecular weight is 515 g/mol. The zero-order chi connectivity index (χ0) is 35.3. The van der Waals surface area contributed by atoms with E-state index in [4.69, 9.17) is 23.2 Å². The summed E-state index contributed by atoms with van der Waals surface area (Å²) >= 11 is 0. The van der Waals surface area contributed by atoms with Gasteiger partial charge in [-0.25, -0.2) is 4.39 Å². The summed E-state index contributed by atoms with van der Waals surface area (Å²) in [5, 5.41) is 11.6. The van der Waals surface area contributed by atoms with Gasteiger partial charge in [0.05, 0.1) is 6.10 Å². The number of hydrogen-bond donors (Lipinski definition) is 1. The quantitative estimate of drug-likeness (QED) is 0.537. The second-order valence-corrected chi connectivity index (χ2v) is 10.8. The fraction of sp³-hybridized carbons (Fsp3) is 0.714. The first-order chi connectivity index (χ1) is 20.7. The lowest BCUT2D eigenvalue weighted by Crippen LogP contribution is -2.70. The van der Waals surface area contributed by atoms with Crippen LogP contribution in [0.5, 0.6) is 0 Å². The fourth-order valence-electron chi connectivity index (χ4n) is 7.84. The Morgan fingerprint density at radius 3 is 2.61 bits per heavy atom. The van der Waals surface area contributed by atoms with Crippen LogP contribution in [0.1, 0.15) is 86.6 Å². The van der Waals surface area contributed by atoms with Crippen LogP contribution in [0.3, 0.4) is 0 Å². The molecule has 0 bridgehead atoms. The molecule has 0 spiro atoms. The number of carbonyl (C=O) groups excluding carboxylic acids is 4. The zero-order valence-corrected chi connectivity index (χ0v) is 20.4. The maximum Gasteiger partial charge on any atom is 0.306 e. The molecule has 0 aromatic rings. The van der Waals surface area contributed by atoms with Crippen LogP contribution in [0.25, 0.3) is 0 Å². The van der Waals surface area contributed by atoms with Gasteiger partial charge in [-0.2, -0.15) is 0 Å². The second-order valence-electron chi connectivity index (χ2n) is 10.8. The van der Waals surface area contributed by atoms with E-state index in [1.165, 1.54) is 32.1 Å². The monoisotopic (exact) mass is 514 g/mol. The highest BCUT2D eigenvalue weighted by atomic mass is 19.1. The minimum atomic E-state index is -3.64. The minimum Gasteiger partial charge on any atom is -0.457 e. The van der Waals surface area contributed by atoms with Crippen LogP contribution in [0.15, 0.2) is 23.8 Å². The number of halogens is 1. The number of hydrogen-bond acceptors (Lipinski definition) is 7. The van der Waals surface area contributed by atoms with E-state index in [1.54, 1.807) is 6.92 Å². The van der Waals surface area contributed by atoms with Crippen LogP contribution in [-0.4, -0.2) is 52.6 Å². The number of aliphatic hydroxyl groups is 1. The van der Waals surface area contributed by atoms with E-state index in [2.05, 4.69) is 0 Å². The molecule has 0 saturated heterocycles. The molecule has 8 atom stereocenters. The Morgan fingerprint density at radius 1 is 1.22 bits per heavy atom. The predicted molar refractivity (Wildman–Crippen MR) is 128 cm³/mol. The SMILES string of the molecule is [2H]C([2H])([2H])C([2H])([2H])C(=O)OCC(=O)C1(OC(=O)C([2H])([2H])C([2H])([2H])[2H])[C@H](C)C[C@H]2[C@@H]3CCC4=CC(=O)C=C[C@]4(C)[C@@]3(F)[C@@H](O)C[C@@]21C. The number of esters is 2. The Bertz CT molecular complexity index is 1410. The third-order valence-corrected chi connectivity index (χ3v) is 9.39. The lowest BCUT2D eigenvalue weighted by Gasteiger charge is -2.62. The second kappa shape index (κ2) is 8.89. The van der Waals surface area contributed by atoms with E-state index in [0.717, 1.165) is 0 Å². The molecule has 8 heteroatoms. The van der Waals surface area contributed by atoms with Crippen molar-refractivity contribution in [1.82, 2.24) is 0 Å². The van der Waals surface area contributed by atoms with E-state index >= 15 is 4.39 Å². The number of alkyl halides is 1. The van der Waals surface area contributed by atoms with Gasteiger partial charge in [-0.05, 0) is 50.7 Å². The minimum absolute atomic E-state index is 0.0445. The molecule has 4 aliphatic rings. The number of rotatable bonds is 6. The van der Waals surface area contributed by atoms with E-state index in [0.29, 0.717) is 5.57 Å². The van der Waals surface area contributed by atoms with Crippen LogP contribution in [0, 0.1) is 28.6 Å². The van der Waals surface area contributed by atoms with Crippen molar-refractivity contribution in [2.24, 2.45) is 28.6 Å². The molecule has 1 unspecified atom stereocenters. The summed E-state index contributed by atoms with van der Waals surface area (Å²) in [6.45, 7) is -4.00. The van der Waals surface area contributed by atoms with Crippen LogP contribution in [0.2, 0.25) is 0 Å². The topological polar surface area (TPSA) is 107 Å².